The van der Waals surface area contributed by atoms with Gasteiger partial charge in [0.2, 0.25) is 0 Å². The maximum absolute atomic E-state index is 12.1. The number of amides is 2. The first-order chi connectivity index (χ1) is 8.52. The molecule has 0 aromatic carbocycles. The highest BCUT2D eigenvalue weighted by Gasteiger charge is 2.37. The van der Waals surface area contributed by atoms with Crippen LogP contribution in [0.1, 0.15) is 25.1 Å². The van der Waals surface area contributed by atoms with Gasteiger partial charge in [-0.25, -0.2) is 0 Å². The normalized spacial score (nSPS) is 19.9. The molecular weight excluding hydrogens is 334 g/mol. The molecule has 0 aliphatic carbocycles. The van der Waals surface area contributed by atoms with Gasteiger partial charge in [-0.1, -0.05) is 6.92 Å². The van der Waals surface area contributed by atoms with E-state index in [0.717, 1.165) is 27.5 Å². The summed E-state index contributed by atoms with van der Waals surface area (Å²) in [5.74, 6) is -0.177. The van der Waals surface area contributed by atoms with E-state index >= 15 is 0 Å². The van der Waals surface area contributed by atoms with Crippen LogP contribution < -0.4 is 0 Å². The van der Waals surface area contributed by atoms with Crippen LogP contribution in [-0.2, 0) is 4.79 Å². The highest BCUT2D eigenvalue weighted by Crippen LogP contribution is 2.35. The Morgan fingerprint density at radius 3 is 2.78 bits per heavy atom. The van der Waals surface area contributed by atoms with Crippen LogP contribution in [-0.4, -0.2) is 22.1 Å². The molecule has 0 spiro atoms. The van der Waals surface area contributed by atoms with E-state index in [2.05, 4.69) is 15.9 Å². The molecule has 1 atom stereocenters. The molecule has 1 aliphatic rings. The average Bonchev–Trinajstić information content (AvgIpc) is 2.84. The van der Waals surface area contributed by atoms with Crippen LogP contribution in [0.5, 0.6) is 0 Å². The molecule has 2 heterocycles. The minimum Gasteiger partial charge on any atom is -0.268 e. The maximum atomic E-state index is 12.1. The summed E-state index contributed by atoms with van der Waals surface area (Å²) in [5, 5.41) is 1.78. The second-order valence-corrected chi connectivity index (χ2v) is 6.83. The molecule has 2 rings (SSSR count). The van der Waals surface area contributed by atoms with Gasteiger partial charge in [0, 0.05) is 20.8 Å². The van der Waals surface area contributed by atoms with Gasteiger partial charge in [0.1, 0.15) is 0 Å². The summed E-state index contributed by atoms with van der Waals surface area (Å²) >= 11 is 5.92. The standard InChI is InChI=1S/C12H12BrNO2S2/c1-3-7(2)14-11(15)10(18-12(14)16)5-9-4-8(13)6-17-9/h4-7H,3H2,1-2H3. The van der Waals surface area contributed by atoms with Gasteiger partial charge in [-0.15, -0.1) is 11.3 Å². The minimum absolute atomic E-state index is 0.0431. The summed E-state index contributed by atoms with van der Waals surface area (Å²) < 4.78 is 0.986. The molecule has 3 nitrogen and oxygen atoms in total. The van der Waals surface area contributed by atoms with E-state index in [0.29, 0.717) is 4.91 Å². The molecule has 1 aliphatic heterocycles. The number of thiophene rings is 1. The Labute approximate surface area is 122 Å². The number of carbonyl (C=O) groups excluding carboxylic acids is 2. The van der Waals surface area contributed by atoms with Crippen molar-refractivity contribution in [3.63, 3.8) is 0 Å². The van der Waals surface area contributed by atoms with Gasteiger partial charge in [0.25, 0.3) is 11.1 Å². The van der Waals surface area contributed by atoms with Crippen LogP contribution in [0.4, 0.5) is 4.79 Å². The third-order valence-electron chi connectivity index (χ3n) is 2.72. The van der Waals surface area contributed by atoms with Crippen molar-refractivity contribution in [2.45, 2.75) is 26.3 Å². The van der Waals surface area contributed by atoms with Crippen molar-refractivity contribution >= 4 is 56.3 Å². The van der Waals surface area contributed by atoms with Crippen LogP contribution in [0.25, 0.3) is 6.08 Å². The van der Waals surface area contributed by atoms with Gasteiger partial charge >= 0.3 is 0 Å². The highest BCUT2D eigenvalue weighted by molar-refractivity contribution is 9.10. The molecule has 18 heavy (non-hydrogen) atoms. The van der Waals surface area contributed by atoms with Crippen molar-refractivity contribution in [2.24, 2.45) is 0 Å². The van der Waals surface area contributed by atoms with Crippen molar-refractivity contribution < 1.29 is 9.59 Å². The first kappa shape index (κ1) is 13.8. The van der Waals surface area contributed by atoms with Crippen molar-refractivity contribution in [1.82, 2.24) is 4.90 Å². The summed E-state index contributed by atoms with van der Waals surface area (Å²) in [6.07, 6.45) is 2.55. The number of imide groups is 1. The Balaban J connectivity index is 2.25. The van der Waals surface area contributed by atoms with Crippen LogP contribution in [0.3, 0.4) is 0 Å². The molecule has 1 saturated heterocycles. The van der Waals surface area contributed by atoms with Crippen molar-refractivity contribution in [2.75, 3.05) is 0 Å². The molecule has 2 amide bonds. The van der Waals surface area contributed by atoms with Gasteiger partial charge in [-0.05, 0) is 53.2 Å². The number of halogens is 1. The molecule has 1 aromatic heterocycles. The van der Waals surface area contributed by atoms with Crippen LogP contribution >= 0.6 is 39.0 Å². The Bertz CT molecular complexity index is 524. The number of nitrogens with zero attached hydrogens (tertiary/aromatic N) is 1. The molecule has 6 heteroatoms. The summed E-state index contributed by atoms with van der Waals surface area (Å²) in [4.78, 5) is 26.8. The molecule has 1 aromatic rings. The largest absolute Gasteiger partial charge is 0.293 e. The van der Waals surface area contributed by atoms with E-state index in [1.165, 1.54) is 16.2 Å². The Morgan fingerprint density at radius 1 is 1.50 bits per heavy atom. The first-order valence-electron chi connectivity index (χ1n) is 5.54. The molecule has 0 bridgehead atoms. The monoisotopic (exact) mass is 345 g/mol. The Kier molecular flexibility index (Phi) is 4.29. The molecule has 96 valence electrons. The molecule has 1 unspecified atom stereocenters. The number of thioether (sulfide) groups is 1. The predicted molar refractivity (Wildman–Crippen MR) is 79.6 cm³/mol. The minimum atomic E-state index is -0.177. The summed E-state index contributed by atoms with van der Waals surface area (Å²) in [5.41, 5.74) is 0. The lowest BCUT2D eigenvalue weighted by Crippen LogP contribution is -2.36. The third-order valence-corrected chi connectivity index (χ3v) is 5.24. The van der Waals surface area contributed by atoms with Crippen molar-refractivity contribution in [3.8, 4) is 0 Å². The van der Waals surface area contributed by atoms with Gasteiger partial charge in [-0.2, -0.15) is 0 Å². The molecule has 0 saturated carbocycles. The second kappa shape index (κ2) is 5.59. The van der Waals surface area contributed by atoms with Gasteiger partial charge in [0.05, 0.1) is 4.91 Å². The van der Waals surface area contributed by atoms with E-state index < -0.39 is 0 Å². The van der Waals surface area contributed by atoms with Crippen LogP contribution in [0.2, 0.25) is 0 Å². The molecule has 0 N–H and O–H groups in total. The van der Waals surface area contributed by atoms with Crippen LogP contribution in [0, 0.1) is 0 Å². The van der Waals surface area contributed by atoms with Gasteiger partial charge in [-0.3, -0.25) is 14.5 Å². The SMILES string of the molecule is CCC(C)N1C(=O)SC(=Cc2cc(Br)cs2)C1=O. The number of hydrogen-bond acceptors (Lipinski definition) is 4. The highest BCUT2D eigenvalue weighted by atomic mass is 79.9. The lowest BCUT2D eigenvalue weighted by atomic mass is 10.2. The average molecular weight is 346 g/mol. The molecule has 0 radical (unpaired) electrons. The molecular formula is C12H12BrNO2S2. The van der Waals surface area contributed by atoms with Gasteiger partial charge < -0.3 is 0 Å². The van der Waals surface area contributed by atoms with E-state index in [1.54, 1.807) is 6.08 Å². The zero-order chi connectivity index (χ0) is 13.3. The topological polar surface area (TPSA) is 37.4 Å². The lowest BCUT2D eigenvalue weighted by Gasteiger charge is -2.19. The fourth-order valence-electron chi connectivity index (χ4n) is 1.58. The number of rotatable bonds is 3. The fourth-order valence-corrected chi connectivity index (χ4v) is 3.95. The summed E-state index contributed by atoms with van der Waals surface area (Å²) in [6.45, 7) is 3.86. The predicted octanol–water partition coefficient (Wildman–Crippen LogP) is 4.35. The Hall–Kier alpha value is -0.590. The number of carbonyl (C=O) groups is 2. The summed E-state index contributed by atoms with van der Waals surface area (Å²) in [6, 6.07) is 1.89. The van der Waals surface area contributed by atoms with E-state index in [1.807, 2.05) is 25.3 Å². The maximum Gasteiger partial charge on any atom is 0.293 e. The zero-order valence-electron chi connectivity index (χ0n) is 9.97. The Morgan fingerprint density at radius 2 is 2.22 bits per heavy atom. The van der Waals surface area contributed by atoms with Gasteiger partial charge in [0.15, 0.2) is 0 Å². The second-order valence-electron chi connectivity index (χ2n) is 3.98. The van der Waals surface area contributed by atoms with Crippen molar-refractivity contribution in [3.05, 3.63) is 25.7 Å². The van der Waals surface area contributed by atoms with Crippen molar-refractivity contribution in [1.29, 1.82) is 0 Å². The van der Waals surface area contributed by atoms with E-state index in [4.69, 9.17) is 0 Å². The fraction of sp³-hybridized carbons (Fsp3) is 0.333. The number of hydrogen-bond donors (Lipinski definition) is 0. The quantitative estimate of drug-likeness (QED) is 0.764. The lowest BCUT2D eigenvalue weighted by molar-refractivity contribution is -0.124. The van der Waals surface area contributed by atoms with E-state index in [-0.39, 0.29) is 17.2 Å². The third kappa shape index (κ3) is 2.70. The van der Waals surface area contributed by atoms with Crippen LogP contribution in [0.15, 0.2) is 20.8 Å². The molecule has 1 fully saturated rings. The summed E-state index contributed by atoms with van der Waals surface area (Å²) in [7, 11) is 0. The first-order valence-corrected chi connectivity index (χ1v) is 8.03. The smallest absolute Gasteiger partial charge is 0.268 e. The van der Waals surface area contributed by atoms with E-state index in [9.17, 15) is 9.59 Å². The zero-order valence-corrected chi connectivity index (χ0v) is 13.2.